The number of aliphatic carboxylic acids is 1. The standard InChI is InChI=1S/C14H15NO4/c1-7-4-9(19-3)5-10-8(2)11(6-12(16)17)14(18)15-13(7)10/h4-5H,6H2,1-3H3,(H,15,18)(H,16,17). The zero-order valence-electron chi connectivity index (χ0n) is 11.0. The summed E-state index contributed by atoms with van der Waals surface area (Å²) in [4.78, 5) is 25.5. The quantitative estimate of drug-likeness (QED) is 0.882. The van der Waals surface area contributed by atoms with Crippen LogP contribution in [-0.4, -0.2) is 23.2 Å². The highest BCUT2D eigenvalue weighted by atomic mass is 16.5. The molecule has 1 aromatic carbocycles. The van der Waals surface area contributed by atoms with Gasteiger partial charge in [-0.1, -0.05) is 0 Å². The molecule has 0 aliphatic carbocycles. The summed E-state index contributed by atoms with van der Waals surface area (Å²) >= 11 is 0. The Morgan fingerprint density at radius 2 is 2.05 bits per heavy atom. The van der Waals surface area contributed by atoms with Gasteiger partial charge in [-0.05, 0) is 37.1 Å². The first-order valence-electron chi connectivity index (χ1n) is 5.86. The van der Waals surface area contributed by atoms with E-state index in [0.29, 0.717) is 11.3 Å². The van der Waals surface area contributed by atoms with Crippen molar-refractivity contribution < 1.29 is 14.6 Å². The number of carboxylic acids is 1. The maximum atomic E-state index is 11.9. The van der Waals surface area contributed by atoms with Gasteiger partial charge in [0.1, 0.15) is 5.75 Å². The second kappa shape index (κ2) is 4.76. The van der Waals surface area contributed by atoms with Crippen molar-refractivity contribution in [1.82, 2.24) is 4.98 Å². The van der Waals surface area contributed by atoms with Crippen LogP contribution in [0.3, 0.4) is 0 Å². The minimum absolute atomic E-state index is 0.284. The average molecular weight is 261 g/mol. The molecule has 0 aliphatic heterocycles. The average Bonchev–Trinajstić information content (AvgIpc) is 2.35. The first-order chi connectivity index (χ1) is 8.93. The lowest BCUT2D eigenvalue weighted by Crippen LogP contribution is -2.18. The van der Waals surface area contributed by atoms with Gasteiger partial charge >= 0.3 is 5.97 Å². The van der Waals surface area contributed by atoms with Crippen molar-refractivity contribution >= 4 is 16.9 Å². The molecule has 1 heterocycles. The number of fused-ring (bicyclic) bond motifs is 1. The van der Waals surface area contributed by atoms with Gasteiger partial charge < -0.3 is 14.8 Å². The minimum atomic E-state index is -1.02. The number of hydrogen-bond donors (Lipinski definition) is 2. The third-order valence-electron chi connectivity index (χ3n) is 3.24. The second-order valence-electron chi connectivity index (χ2n) is 4.50. The molecule has 0 bridgehead atoms. The molecule has 0 radical (unpaired) electrons. The summed E-state index contributed by atoms with van der Waals surface area (Å²) in [5.41, 5.74) is 2.23. The van der Waals surface area contributed by atoms with Gasteiger partial charge in [0.15, 0.2) is 0 Å². The van der Waals surface area contributed by atoms with Crippen molar-refractivity contribution in [3.63, 3.8) is 0 Å². The molecule has 0 saturated heterocycles. The molecule has 0 fully saturated rings. The van der Waals surface area contributed by atoms with Crippen LogP contribution >= 0.6 is 0 Å². The molecule has 0 aliphatic rings. The molecule has 5 nitrogen and oxygen atoms in total. The van der Waals surface area contributed by atoms with E-state index in [1.54, 1.807) is 20.1 Å². The first kappa shape index (κ1) is 13.1. The number of aromatic amines is 1. The molecule has 2 N–H and O–H groups in total. The Kier molecular flexibility index (Phi) is 3.29. The van der Waals surface area contributed by atoms with Crippen LogP contribution in [-0.2, 0) is 11.2 Å². The van der Waals surface area contributed by atoms with Crippen LogP contribution in [0.15, 0.2) is 16.9 Å². The fourth-order valence-corrected chi connectivity index (χ4v) is 2.22. The molecule has 19 heavy (non-hydrogen) atoms. The van der Waals surface area contributed by atoms with E-state index in [-0.39, 0.29) is 17.5 Å². The van der Waals surface area contributed by atoms with E-state index >= 15 is 0 Å². The summed E-state index contributed by atoms with van der Waals surface area (Å²) in [6.45, 7) is 3.63. The number of aromatic nitrogens is 1. The highest BCUT2D eigenvalue weighted by molar-refractivity contribution is 5.88. The van der Waals surface area contributed by atoms with Crippen molar-refractivity contribution in [3.8, 4) is 5.75 Å². The summed E-state index contributed by atoms with van der Waals surface area (Å²) in [5.74, 6) is -0.339. The smallest absolute Gasteiger partial charge is 0.308 e. The lowest BCUT2D eigenvalue weighted by molar-refractivity contribution is -0.136. The van der Waals surface area contributed by atoms with E-state index in [1.807, 2.05) is 13.0 Å². The molecule has 2 rings (SSSR count). The largest absolute Gasteiger partial charge is 0.497 e. The predicted molar refractivity (Wildman–Crippen MR) is 71.9 cm³/mol. The van der Waals surface area contributed by atoms with E-state index in [9.17, 15) is 9.59 Å². The summed E-state index contributed by atoms with van der Waals surface area (Å²) in [6.07, 6.45) is -0.284. The van der Waals surface area contributed by atoms with Crippen molar-refractivity contribution in [2.24, 2.45) is 0 Å². The molecular formula is C14H15NO4. The maximum Gasteiger partial charge on any atom is 0.308 e. The number of aryl methyl sites for hydroxylation is 2. The highest BCUT2D eigenvalue weighted by Crippen LogP contribution is 2.26. The van der Waals surface area contributed by atoms with Gasteiger partial charge in [-0.3, -0.25) is 9.59 Å². The minimum Gasteiger partial charge on any atom is -0.497 e. The number of H-pyrrole nitrogens is 1. The van der Waals surface area contributed by atoms with Gasteiger partial charge in [-0.2, -0.15) is 0 Å². The highest BCUT2D eigenvalue weighted by Gasteiger charge is 2.14. The molecule has 2 aromatic rings. The van der Waals surface area contributed by atoms with Crippen LogP contribution in [0.1, 0.15) is 16.7 Å². The Morgan fingerprint density at radius 1 is 1.37 bits per heavy atom. The number of rotatable bonds is 3. The number of hydrogen-bond acceptors (Lipinski definition) is 3. The Labute approximate surface area is 109 Å². The van der Waals surface area contributed by atoms with Gasteiger partial charge in [0.05, 0.1) is 19.0 Å². The second-order valence-corrected chi connectivity index (χ2v) is 4.50. The van der Waals surface area contributed by atoms with Crippen LogP contribution in [0.5, 0.6) is 5.75 Å². The predicted octanol–water partition coefficient (Wildman–Crippen LogP) is 1.78. The monoisotopic (exact) mass is 261 g/mol. The number of carboxylic acid groups (broad SMARTS) is 1. The van der Waals surface area contributed by atoms with Crippen molar-refractivity contribution in [1.29, 1.82) is 0 Å². The fraction of sp³-hybridized carbons (Fsp3) is 0.286. The molecule has 0 amide bonds. The molecule has 0 unspecified atom stereocenters. The maximum absolute atomic E-state index is 11.9. The third kappa shape index (κ3) is 2.31. The first-order valence-corrected chi connectivity index (χ1v) is 5.86. The van der Waals surface area contributed by atoms with E-state index in [2.05, 4.69) is 4.98 Å². The van der Waals surface area contributed by atoms with Crippen LogP contribution in [0.4, 0.5) is 0 Å². The lowest BCUT2D eigenvalue weighted by Gasteiger charge is -2.11. The number of ether oxygens (including phenoxy) is 1. The molecule has 0 atom stereocenters. The van der Waals surface area contributed by atoms with E-state index < -0.39 is 5.97 Å². The van der Waals surface area contributed by atoms with Crippen LogP contribution < -0.4 is 10.3 Å². The van der Waals surface area contributed by atoms with Crippen molar-refractivity contribution in [2.75, 3.05) is 7.11 Å². The van der Waals surface area contributed by atoms with Gasteiger partial charge in [0.2, 0.25) is 0 Å². The Morgan fingerprint density at radius 3 is 2.63 bits per heavy atom. The van der Waals surface area contributed by atoms with E-state index in [4.69, 9.17) is 9.84 Å². The van der Waals surface area contributed by atoms with Crippen LogP contribution in [0, 0.1) is 13.8 Å². The summed E-state index contributed by atoms with van der Waals surface area (Å²) in [6, 6.07) is 3.63. The van der Waals surface area contributed by atoms with Crippen molar-refractivity contribution in [3.05, 3.63) is 39.2 Å². The molecule has 5 heteroatoms. The third-order valence-corrected chi connectivity index (χ3v) is 3.24. The number of carbonyl (C=O) groups is 1. The Hall–Kier alpha value is -2.30. The molecule has 0 spiro atoms. The number of pyridine rings is 1. The van der Waals surface area contributed by atoms with Gasteiger partial charge in [-0.25, -0.2) is 0 Å². The van der Waals surface area contributed by atoms with Gasteiger partial charge in [0, 0.05) is 10.9 Å². The Bertz CT molecular complexity index is 715. The number of nitrogens with one attached hydrogen (secondary N) is 1. The summed E-state index contributed by atoms with van der Waals surface area (Å²) < 4.78 is 5.20. The molecule has 0 saturated carbocycles. The zero-order chi connectivity index (χ0) is 14.2. The van der Waals surface area contributed by atoms with Crippen LogP contribution in [0.2, 0.25) is 0 Å². The summed E-state index contributed by atoms with van der Waals surface area (Å²) in [7, 11) is 1.57. The van der Waals surface area contributed by atoms with Gasteiger partial charge in [0.25, 0.3) is 5.56 Å². The number of benzene rings is 1. The number of methoxy groups -OCH3 is 1. The van der Waals surface area contributed by atoms with Crippen molar-refractivity contribution in [2.45, 2.75) is 20.3 Å². The SMILES string of the molecule is COc1cc(C)c2[nH]c(=O)c(CC(=O)O)c(C)c2c1. The molecule has 100 valence electrons. The van der Waals surface area contributed by atoms with E-state index in [0.717, 1.165) is 16.5 Å². The Balaban J connectivity index is 2.82. The fourth-order valence-electron chi connectivity index (χ4n) is 2.22. The molecular weight excluding hydrogens is 246 g/mol. The normalized spacial score (nSPS) is 10.7. The van der Waals surface area contributed by atoms with E-state index in [1.165, 1.54) is 0 Å². The van der Waals surface area contributed by atoms with Crippen LogP contribution in [0.25, 0.3) is 10.9 Å². The lowest BCUT2D eigenvalue weighted by atomic mass is 10.00. The zero-order valence-corrected chi connectivity index (χ0v) is 11.0. The van der Waals surface area contributed by atoms with Gasteiger partial charge in [-0.15, -0.1) is 0 Å². The molecule has 1 aromatic heterocycles. The summed E-state index contributed by atoms with van der Waals surface area (Å²) in [5, 5.41) is 9.68. The topological polar surface area (TPSA) is 79.4 Å².